The minimum atomic E-state index is -2.03. The summed E-state index contributed by atoms with van der Waals surface area (Å²) in [4.78, 5) is 0. The second kappa shape index (κ2) is 9.97. The number of phenols is 1. The molecule has 166 valence electrons. The summed E-state index contributed by atoms with van der Waals surface area (Å²) < 4.78 is 7.00. The summed E-state index contributed by atoms with van der Waals surface area (Å²) in [5, 5.41) is 10.7. The predicted octanol–water partition coefficient (Wildman–Crippen LogP) is 8.97. The lowest BCUT2D eigenvalue weighted by Crippen LogP contribution is -2.50. The molecule has 0 aromatic heterocycles. The van der Waals surface area contributed by atoms with Crippen molar-refractivity contribution in [2.75, 3.05) is 0 Å². The molecule has 0 spiro atoms. The van der Waals surface area contributed by atoms with Crippen molar-refractivity contribution in [1.82, 2.24) is 0 Å². The van der Waals surface area contributed by atoms with Crippen LogP contribution >= 0.6 is 23.2 Å². The van der Waals surface area contributed by atoms with Gasteiger partial charge in [-0.15, -0.1) is 0 Å². The Morgan fingerprint density at radius 1 is 0.833 bits per heavy atom. The molecule has 0 fully saturated rings. The van der Waals surface area contributed by atoms with Gasteiger partial charge >= 0.3 is 0 Å². The molecule has 0 bridgehead atoms. The standard InChI is InChI=1S/C25H36Cl2O2Si/c1-15(2)21-11-19(12-22-23(26)13-20(28)14-24(22)27)9-10-25(21)29-30(16(3)4,17(5)6)18(7)8/h9-11,13-18,28H,12H2,1-8H3. The molecule has 0 aliphatic heterocycles. The molecule has 0 radical (unpaired) electrons. The van der Waals surface area contributed by atoms with Gasteiger partial charge in [0.1, 0.15) is 11.5 Å². The minimum Gasteiger partial charge on any atom is -0.542 e. The van der Waals surface area contributed by atoms with Crippen LogP contribution in [0.5, 0.6) is 11.5 Å². The van der Waals surface area contributed by atoms with E-state index in [1.54, 1.807) is 0 Å². The first kappa shape index (κ1) is 25.1. The quantitative estimate of drug-likeness (QED) is 0.393. The average molecular weight is 468 g/mol. The molecule has 0 saturated carbocycles. The van der Waals surface area contributed by atoms with Gasteiger partial charge in [0.2, 0.25) is 0 Å². The van der Waals surface area contributed by atoms with Gasteiger partial charge in [-0.3, -0.25) is 0 Å². The van der Waals surface area contributed by atoms with Crippen molar-refractivity contribution in [2.24, 2.45) is 0 Å². The van der Waals surface area contributed by atoms with Gasteiger partial charge in [0.05, 0.1) is 0 Å². The maximum absolute atomic E-state index is 9.70. The molecule has 5 heteroatoms. The van der Waals surface area contributed by atoms with Crippen molar-refractivity contribution >= 4 is 31.5 Å². The fourth-order valence-electron chi connectivity index (χ4n) is 4.76. The predicted molar refractivity (Wildman–Crippen MR) is 133 cm³/mol. The number of benzene rings is 2. The summed E-state index contributed by atoms with van der Waals surface area (Å²) in [6.07, 6.45) is 0.610. The lowest BCUT2D eigenvalue weighted by atomic mass is 9.96. The average Bonchev–Trinajstić information content (AvgIpc) is 2.62. The van der Waals surface area contributed by atoms with Crippen molar-refractivity contribution in [3.8, 4) is 11.5 Å². The first-order valence-corrected chi connectivity index (χ1v) is 13.8. The zero-order valence-corrected chi connectivity index (χ0v) is 22.0. The summed E-state index contributed by atoms with van der Waals surface area (Å²) in [5.74, 6) is 1.43. The summed E-state index contributed by atoms with van der Waals surface area (Å²) in [7, 11) is -2.03. The SMILES string of the molecule is CC(C)c1cc(Cc2c(Cl)cc(O)cc2Cl)ccc1O[Si](C(C)C)(C(C)C)C(C)C. The lowest BCUT2D eigenvalue weighted by molar-refractivity contribution is 0.472. The highest BCUT2D eigenvalue weighted by Crippen LogP contribution is 2.44. The van der Waals surface area contributed by atoms with E-state index in [2.05, 4.69) is 73.6 Å². The summed E-state index contributed by atoms with van der Waals surface area (Å²) >= 11 is 12.7. The number of aromatic hydroxyl groups is 1. The van der Waals surface area contributed by atoms with E-state index < -0.39 is 8.32 Å². The summed E-state index contributed by atoms with van der Waals surface area (Å²) in [5.41, 5.74) is 4.74. The number of hydrogen-bond acceptors (Lipinski definition) is 2. The molecule has 2 aromatic rings. The van der Waals surface area contributed by atoms with Crippen LogP contribution in [-0.2, 0) is 6.42 Å². The molecule has 2 rings (SSSR count). The third-order valence-corrected chi connectivity index (χ3v) is 12.9. The molecule has 0 amide bonds. The Hall–Kier alpha value is -1.16. The molecule has 2 aromatic carbocycles. The molecular formula is C25H36Cl2O2Si. The highest BCUT2D eigenvalue weighted by atomic mass is 35.5. The monoisotopic (exact) mass is 466 g/mol. The Kier molecular flexibility index (Phi) is 8.34. The van der Waals surface area contributed by atoms with E-state index in [-0.39, 0.29) is 5.75 Å². The van der Waals surface area contributed by atoms with Crippen LogP contribution in [0.2, 0.25) is 26.7 Å². The van der Waals surface area contributed by atoms with Gasteiger partial charge in [0.15, 0.2) is 0 Å². The van der Waals surface area contributed by atoms with Crippen molar-refractivity contribution in [3.05, 3.63) is 57.1 Å². The summed E-state index contributed by atoms with van der Waals surface area (Å²) in [6, 6.07) is 9.54. The van der Waals surface area contributed by atoms with Crippen molar-refractivity contribution in [1.29, 1.82) is 0 Å². The molecule has 0 aliphatic rings. The van der Waals surface area contributed by atoms with Crippen LogP contribution in [0.15, 0.2) is 30.3 Å². The van der Waals surface area contributed by atoms with E-state index in [1.807, 2.05) is 0 Å². The Bertz CT molecular complexity index is 831. The molecule has 0 atom stereocenters. The van der Waals surface area contributed by atoms with E-state index in [9.17, 15) is 5.11 Å². The maximum Gasteiger partial charge on any atom is 0.258 e. The van der Waals surface area contributed by atoms with E-state index in [0.29, 0.717) is 39.0 Å². The highest BCUT2D eigenvalue weighted by molar-refractivity contribution is 6.78. The molecule has 30 heavy (non-hydrogen) atoms. The topological polar surface area (TPSA) is 29.5 Å². The summed E-state index contributed by atoms with van der Waals surface area (Å²) in [6.45, 7) is 18.3. The lowest BCUT2D eigenvalue weighted by Gasteiger charge is -2.43. The number of phenolic OH excluding ortho intramolecular Hbond substituents is 1. The smallest absolute Gasteiger partial charge is 0.258 e. The van der Waals surface area contributed by atoms with Gasteiger partial charge < -0.3 is 9.53 Å². The first-order valence-electron chi connectivity index (χ1n) is 10.9. The zero-order valence-electron chi connectivity index (χ0n) is 19.5. The van der Waals surface area contributed by atoms with Gasteiger partial charge in [-0.2, -0.15) is 0 Å². The number of hydrogen-bond donors (Lipinski definition) is 1. The van der Waals surface area contributed by atoms with Gasteiger partial charge in [-0.25, -0.2) is 0 Å². The number of halogens is 2. The second-order valence-electron chi connectivity index (χ2n) is 9.51. The third-order valence-electron chi connectivity index (χ3n) is 6.20. The first-order chi connectivity index (χ1) is 13.9. The van der Waals surface area contributed by atoms with Crippen molar-refractivity contribution < 1.29 is 9.53 Å². The Morgan fingerprint density at radius 2 is 1.33 bits per heavy atom. The highest BCUT2D eigenvalue weighted by Gasteiger charge is 2.47. The van der Waals surface area contributed by atoms with Crippen LogP contribution in [-0.4, -0.2) is 13.4 Å². The molecule has 0 unspecified atom stereocenters. The number of rotatable bonds is 8. The minimum absolute atomic E-state index is 0.0812. The van der Waals surface area contributed by atoms with Crippen molar-refractivity contribution in [3.63, 3.8) is 0 Å². The normalized spacial score (nSPS) is 12.5. The van der Waals surface area contributed by atoms with E-state index >= 15 is 0 Å². The van der Waals surface area contributed by atoms with Gasteiger partial charge in [0.25, 0.3) is 8.32 Å². The Balaban J connectivity index is 2.48. The van der Waals surface area contributed by atoms with Crippen molar-refractivity contribution in [2.45, 2.75) is 84.4 Å². The molecule has 0 saturated heterocycles. The van der Waals surface area contributed by atoms with Crippen LogP contribution in [0, 0.1) is 0 Å². The van der Waals surface area contributed by atoms with Crippen LogP contribution in [0.4, 0.5) is 0 Å². The molecule has 1 N–H and O–H groups in total. The molecule has 0 aliphatic carbocycles. The third kappa shape index (κ3) is 5.18. The fraction of sp³-hybridized carbons (Fsp3) is 0.520. The molecule has 0 heterocycles. The van der Waals surface area contributed by atoms with E-state index in [4.69, 9.17) is 27.6 Å². The molecular weight excluding hydrogens is 431 g/mol. The van der Waals surface area contributed by atoms with Gasteiger partial charge in [-0.05, 0) is 57.4 Å². The fourth-order valence-corrected chi connectivity index (χ4v) is 10.6. The second-order valence-corrected chi connectivity index (χ2v) is 15.7. The van der Waals surface area contributed by atoms with Crippen LogP contribution in [0.25, 0.3) is 0 Å². The zero-order chi connectivity index (χ0) is 22.8. The van der Waals surface area contributed by atoms with Gasteiger partial charge in [-0.1, -0.05) is 90.7 Å². The van der Waals surface area contributed by atoms with Gasteiger partial charge in [0, 0.05) is 16.5 Å². The van der Waals surface area contributed by atoms with E-state index in [1.165, 1.54) is 17.7 Å². The van der Waals surface area contributed by atoms with E-state index in [0.717, 1.165) is 16.9 Å². The molecule has 2 nitrogen and oxygen atoms in total. The van der Waals surface area contributed by atoms with Crippen LogP contribution in [0.3, 0.4) is 0 Å². The Labute approximate surface area is 193 Å². The Morgan fingerprint density at radius 3 is 1.77 bits per heavy atom. The maximum atomic E-state index is 9.70. The largest absolute Gasteiger partial charge is 0.542 e. The van der Waals surface area contributed by atoms with Crippen LogP contribution in [0.1, 0.15) is 78.0 Å². The van der Waals surface area contributed by atoms with Crippen LogP contribution < -0.4 is 4.43 Å².